The van der Waals surface area contributed by atoms with Crippen molar-refractivity contribution < 1.29 is 0 Å². The van der Waals surface area contributed by atoms with Gasteiger partial charge in [0.15, 0.2) is 0 Å². The normalized spacial score (nSPS) is 28.9. The van der Waals surface area contributed by atoms with Crippen molar-refractivity contribution in [3.63, 3.8) is 0 Å². The van der Waals surface area contributed by atoms with Gasteiger partial charge in [0.05, 0.1) is 0 Å². The van der Waals surface area contributed by atoms with E-state index < -0.39 is 0 Å². The Balaban J connectivity index is 1.73. The van der Waals surface area contributed by atoms with Crippen LogP contribution in [0.4, 0.5) is 0 Å². The van der Waals surface area contributed by atoms with Gasteiger partial charge in [-0.05, 0) is 44.8 Å². The fourth-order valence-corrected chi connectivity index (χ4v) is 2.99. The molecule has 3 heteroatoms. The fourth-order valence-electron chi connectivity index (χ4n) is 2.99. The maximum Gasteiger partial charge on any atom is 0.0235 e. The maximum atomic E-state index is 6.19. The van der Waals surface area contributed by atoms with Gasteiger partial charge in [-0.15, -0.1) is 0 Å². The number of likely N-dealkylation sites (tertiary alicyclic amines) is 1. The number of rotatable bonds is 6. The summed E-state index contributed by atoms with van der Waals surface area (Å²) in [5.74, 6) is 0.840. The molecule has 0 spiro atoms. The van der Waals surface area contributed by atoms with Crippen LogP contribution in [0.25, 0.3) is 0 Å². The number of hydrogen-bond acceptors (Lipinski definition) is 3. The first-order chi connectivity index (χ1) is 7.74. The maximum absolute atomic E-state index is 6.19. The van der Waals surface area contributed by atoms with Gasteiger partial charge in [-0.3, -0.25) is 4.90 Å². The van der Waals surface area contributed by atoms with Crippen molar-refractivity contribution in [1.29, 1.82) is 0 Å². The van der Waals surface area contributed by atoms with Crippen LogP contribution < -0.4 is 5.73 Å². The van der Waals surface area contributed by atoms with Crippen LogP contribution in [0.2, 0.25) is 0 Å². The Hall–Kier alpha value is -0.120. The van der Waals surface area contributed by atoms with Crippen LogP contribution in [0.15, 0.2) is 0 Å². The Morgan fingerprint density at radius 3 is 2.50 bits per heavy atom. The monoisotopic (exact) mass is 225 g/mol. The quantitative estimate of drug-likeness (QED) is 0.736. The van der Waals surface area contributed by atoms with E-state index in [1.807, 2.05) is 0 Å². The summed E-state index contributed by atoms with van der Waals surface area (Å²) in [7, 11) is 0. The van der Waals surface area contributed by atoms with Gasteiger partial charge >= 0.3 is 0 Å². The van der Waals surface area contributed by atoms with Crippen LogP contribution >= 0.6 is 0 Å². The molecule has 2 fully saturated rings. The molecule has 1 heterocycles. The van der Waals surface area contributed by atoms with Crippen molar-refractivity contribution in [3.8, 4) is 0 Å². The number of nitrogens with two attached hydrogens (primary N) is 1. The van der Waals surface area contributed by atoms with Gasteiger partial charge < -0.3 is 10.6 Å². The second kappa shape index (κ2) is 5.48. The van der Waals surface area contributed by atoms with E-state index in [1.54, 1.807) is 0 Å². The van der Waals surface area contributed by atoms with Gasteiger partial charge in [0.25, 0.3) is 0 Å². The van der Waals surface area contributed by atoms with Crippen LogP contribution in [-0.4, -0.2) is 54.6 Å². The van der Waals surface area contributed by atoms with Crippen LogP contribution in [0, 0.1) is 5.92 Å². The first kappa shape index (κ1) is 12.3. The molecule has 94 valence electrons. The second-order valence-corrected chi connectivity index (χ2v) is 5.42. The van der Waals surface area contributed by atoms with E-state index in [1.165, 1.54) is 45.4 Å². The van der Waals surface area contributed by atoms with Crippen LogP contribution in [-0.2, 0) is 0 Å². The van der Waals surface area contributed by atoms with Crippen molar-refractivity contribution in [1.82, 2.24) is 9.80 Å². The zero-order valence-corrected chi connectivity index (χ0v) is 10.9. The third-order valence-corrected chi connectivity index (χ3v) is 4.27. The largest absolute Gasteiger partial charge is 0.326 e. The fraction of sp³-hybridized carbons (Fsp3) is 1.00. The zero-order chi connectivity index (χ0) is 11.5. The summed E-state index contributed by atoms with van der Waals surface area (Å²) in [4.78, 5) is 5.16. The molecule has 0 amide bonds. The molecule has 2 atom stereocenters. The number of nitrogens with zero attached hydrogens (tertiary/aromatic N) is 2. The van der Waals surface area contributed by atoms with Crippen LogP contribution in [0.1, 0.15) is 33.1 Å². The van der Waals surface area contributed by atoms with E-state index in [0.29, 0.717) is 6.04 Å². The molecule has 3 nitrogen and oxygen atoms in total. The summed E-state index contributed by atoms with van der Waals surface area (Å²) in [5, 5.41) is 0. The van der Waals surface area contributed by atoms with E-state index in [-0.39, 0.29) is 0 Å². The topological polar surface area (TPSA) is 32.5 Å². The Morgan fingerprint density at radius 2 is 1.94 bits per heavy atom. The van der Waals surface area contributed by atoms with Gasteiger partial charge in [0, 0.05) is 25.2 Å². The van der Waals surface area contributed by atoms with Crippen LogP contribution in [0.5, 0.6) is 0 Å². The highest BCUT2D eigenvalue weighted by atomic mass is 15.3. The smallest absolute Gasteiger partial charge is 0.0235 e. The predicted molar refractivity (Wildman–Crippen MR) is 68.5 cm³/mol. The van der Waals surface area contributed by atoms with E-state index in [4.69, 9.17) is 5.73 Å². The third-order valence-electron chi connectivity index (χ3n) is 4.27. The SMILES string of the molecule is CCN(CC)C1CCN(CC(N)C2CC2)C1. The highest BCUT2D eigenvalue weighted by Gasteiger charge is 2.32. The van der Waals surface area contributed by atoms with Crippen molar-refractivity contribution in [2.24, 2.45) is 11.7 Å². The van der Waals surface area contributed by atoms with Crippen LogP contribution in [0.3, 0.4) is 0 Å². The summed E-state index contributed by atoms with van der Waals surface area (Å²) in [6.07, 6.45) is 4.07. The van der Waals surface area contributed by atoms with Gasteiger partial charge in [0.1, 0.15) is 0 Å². The Kier molecular flexibility index (Phi) is 4.22. The minimum Gasteiger partial charge on any atom is -0.326 e. The molecule has 2 N–H and O–H groups in total. The van der Waals surface area contributed by atoms with E-state index >= 15 is 0 Å². The first-order valence-electron chi connectivity index (χ1n) is 6.96. The number of hydrogen-bond donors (Lipinski definition) is 1. The van der Waals surface area contributed by atoms with Gasteiger partial charge in [-0.25, -0.2) is 0 Å². The lowest BCUT2D eigenvalue weighted by atomic mass is 10.2. The standard InChI is InChI=1S/C13H27N3/c1-3-16(4-2)12-7-8-15(9-12)10-13(14)11-5-6-11/h11-13H,3-10,14H2,1-2H3. The van der Waals surface area contributed by atoms with E-state index in [0.717, 1.165) is 18.5 Å². The van der Waals surface area contributed by atoms with Gasteiger partial charge in [0.2, 0.25) is 0 Å². The summed E-state index contributed by atoms with van der Waals surface area (Å²) in [5.41, 5.74) is 6.19. The number of likely N-dealkylation sites (N-methyl/N-ethyl adjacent to an activating group) is 1. The lowest BCUT2D eigenvalue weighted by molar-refractivity contribution is 0.206. The van der Waals surface area contributed by atoms with E-state index in [2.05, 4.69) is 23.6 Å². The molecule has 1 aliphatic heterocycles. The molecule has 2 rings (SSSR count). The molecule has 2 aliphatic rings. The third kappa shape index (κ3) is 2.96. The van der Waals surface area contributed by atoms with Crippen molar-refractivity contribution in [3.05, 3.63) is 0 Å². The molecule has 16 heavy (non-hydrogen) atoms. The van der Waals surface area contributed by atoms with Crippen molar-refractivity contribution in [2.75, 3.05) is 32.7 Å². The molecule has 0 bridgehead atoms. The molecular formula is C13H27N3. The Morgan fingerprint density at radius 1 is 1.25 bits per heavy atom. The van der Waals surface area contributed by atoms with Gasteiger partial charge in [-0.1, -0.05) is 13.8 Å². The minimum atomic E-state index is 0.440. The Bertz CT molecular complexity index is 211. The molecule has 0 aromatic rings. The Labute approximate surface area is 100.0 Å². The average Bonchev–Trinajstić information content (AvgIpc) is 3.04. The molecule has 1 aliphatic carbocycles. The first-order valence-corrected chi connectivity index (χ1v) is 6.96. The summed E-state index contributed by atoms with van der Waals surface area (Å²) < 4.78 is 0. The molecule has 1 saturated heterocycles. The molecule has 0 aromatic heterocycles. The van der Waals surface area contributed by atoms with Crippen molar-refractivity contribution >= 4 is 0 Å². The van der Waals surface area contributed by atoms with Gasteiger partial charge in [-0.2, -0.15) is 0 Å². The lowest BCUT2D eigenvalue weighted by Crippen LogP contribution is -2.41. The highest BCUT2D eigenvalue weighted by Crippen LogP contribution is 2.32. The molecule has 1 saturated carbocycles. The predicted octanol–water partition coefficient (Wildman–Crippen LogP) is 1.14. The molecular weight excluding hydrogens is 198 g/mol. The summed E-state index contributed by atoms with van der Waals surface area (Å²) in [6.45, 7) is 10.5. The molecule has 0 aromatic carbocycles. The molecule has 0 radical (unpaired) electrons. The van der Waals surface area contributed by atoms with Crippen molar-refractivity contribution in [2.45, 2.75) is 45.2 Å². The second-order valence-electron chi connectivity index (χ2n) is 5.42. The summed E-state index contributed by atoms with van der Waals surface area (Å²) >= 11 is 0. The highest BCUT2D eigenvalue weighted by molar-refractivity contribution is 4.89. The van der Waals surface area contributed by atoms with E-state index in [9.17, 15) is 0 Å². The lowest BCUT2D eigenvalue weighted by Gasteiger charge is -2.27. The summed E-state index contributed by atoms with van der Waals surface area (Å²) in [6, 6.07) is 1.22. The average molecular weight is 225 g/mol. The molecule has 2 unspecified atom stereocenters. The zero-order valence-electron chi connectivity index (χ0n) is 10.9. The minimum absolute atomic E-state index is 0.440.